The minimum atomic E-state index is -0.634. The summed E-state index contributed by atoms with van der Waals surface area (Å²) >= 11 is 0. The summed E-state index contributed by atoms with van der Waals surface area (Å²) in [6.45, 7) is 51.3. The third-order valence-electron chi connectivity index (χ3n) is 25.1. The molecule has 25 nitrogen and oxygen atoms in total. The molecule has 4 aliphatic carbocycles. The molecule has 0 radical (unpaired) electrons. The lowest BCUT2D eigenvalue weighted by Crippen LogP contribution is -2.38. The van der Waals surface area contributed by atoms with E-state index in [4.69, 9.17) is 47.6 Å². The van der Waals surface area contributed by atoms with Crippen LogP contribution in [0.25, 0.3) is 24.3 Å². The van der Waals surface area contributed by atoms with E-state index in [0.29, 0.717) is 67.8 Å². The molecule has 7 amide bonds. The van der Waals surface area contributed by atoms with Crippen molar-refractivity contribution in [3.63, 3.8) is 0 Å². The van der Waals surface area contributed by atoms with Crippen LogP contribution in [0.3, 0.4) is 0 Å². The van der Waals surface area contributed by atoms with Crippen LogP contribution in [0.4, 0.5) is 14.4 Å². The highest BCUT2D eigenvalue weighted by molar-refractivity contribution is 6.22. The summed E-state index contributed by atoms with van der Waals surface area (Å²) in [5, 5.41) is 28.5. The van der Waals surface area contributed by atoms with Crippen LogP contribution in [0, 0.1) is 32.7 Å². The van der Waals surface area contributed by atoms with Crippen LogP contribution in [0.1, 0.15) is 380 Å². The summed E-state index contributed by atoms with van der Waals surface area (Å²) in [6.07, 6.45) is 32.6. The van der Waals surface area contributed by atoms with Crippen molar-refractivity contribution >= 4 is 72.2 Å². The van der Waals surface area contributed by atoms with Gasteiger partial charge in [-0.25, -0.2) is 25.4 Å². The first-order chi connectivity index (χ1) is 66.2. The maximum atomic E-state index is 13.4. The number of aliphatic hydroxyl groups is 2. The molecule has 12 rings (SSSR count). The number of rotatable bonds is 25. The molecule has 0 aromatic heterocycles. The molecule has 0 fully saturated rings. The molecular formula is C117H170N10O15. The lowest BCUT2D eigenvalue weighted by atomic mass is 9.72. The van der Waals surface area contributed by atoms with E-state index in [1.54, 1.807) is 83.1 Å². The third kappa shape index (κ3) is 40.9. The number of alkyl carbamates (subject to hydrolysis) is 3. The fourth-order valence-electron chi connectivity index (χ4n) is 18.1. The molecule has 6 aromatic rings. The van der Waals surface area contributed by atoms with Crippen LogP contribution in [-0.4, -0.2) is 125 Å². The van der Waals surface area contributed by atoms with Crippen LogP contribution in [-0.2, 0) is 23.7 Å². The average molecular weight is 1960 g/mol. The zero-order valence-electron chi connectivity index (χ0n) is 89.3. The molecular weight excluding hydrogens is 1790 g/mol. The standard InChI is InChI=1S/C33H40N2O4.C25H38N2O2.C25H37NO3.C20H30N2.C8H5NO2.C4H8O2.C2H6O.H2N2.H2O.H2/c1-22-11-10-19-33(5,6)27(22)17-16-23-12-9-13-24(21-23)28(18-20-34-31(38)39-32(2,3)4)35-29(36)25-14-7-8-15-26(25)30(35)37;1-18-9-8-15-25(5,6)21(18)13-12-19-10-7-11-20(17-19)22(26)14-16-27-23(28)29-24(2,3)4;1-18-9-8-15-25(5,6)21(18)13-12-19-10-7-11-20(17-19)22(27)14-16-26-23(28)29-24(2,3)4;1-15-6-5-12-20(2,3)18(15)10-9-16-7-4-8-17(14-16)19(22)11-13-21;10-7-5-3-1-2-4-6(5)8(11)9-7;1-3-6-4(2)5;1-2-3;1-2;;/h7-9,12-17,21,28H,10-11,18-20H2,1-6H3,(H,34,38);7,10-13,17,22H,8-9,14-16,26H2,1-6H3,(H,27,28);7,10-13,17,22,27H,8-9,14-16H2,1-6H3,(H,26,28);4,7-10,14,19H,5-6,11-13,21-22H2,1-3H3;1-4H,(H,9,10,11);3H2,1-2H3;3H,2H2,1H3;1-2H;1H2;1H/b17-16+;2*13-12+;10-9+;;;;;;. The molecule has 0 bridgehead atoms. The molecule has 6 aromatic carbocycles. The van der Waals surface area contributed by atoms with Crippen molar-refractivity contribution in [1.29, 1.82) is 11.1 Å². The Morgan fingerprint density at radius 2 is 0.725 bits per heavy atom. The molecule has 2 heterocycles. The number of ether oxygens (including phenoxy) is 4. The zero-order valence-corrected chi connectivity index (χ0v) is 89.3. The highest BCUT2D eigenvalue weighted by atomic mass is 16.6. The molecule has 25 heteroatoms. The van der Waals surface area contributed by atoms with E-state index in [1.807, 2.05) is 96.1 Å². The van der Waals surface area contributed by atoms with Crippen molar-refractivity contribution in [1.82, 2.24) is 26.2 Å². The molecule has 0 saturated carbocycles. The van der Waals surface area contributed by atoms with Gasteiger partial charge in [-0.1, -0.05) is 235 Å². The molecule has 0 spiro atoms. The molecule has 4 atom stereocenters. The first kappa shape index (κ1) is 122. The van der Waals surface area contributed by atoms with Gasteiger partial charge in [0.1, 0.15) is 16.8 Å². The topological polar surface area (TPSA) is 423 Å². The van der Waals surface area contributed by atoms with Gasteiger partial charge < -0.3 is 67.8 Å². The van der Waals surface area contributed by atoms with Gasteiger partial charge in [-0.15, -0.1) is 0 Å². The Bertz CT molecular complexity index is 5240. The highest BCUT2D eigenvalue weighted by Gasteiger charge is 2.41. The fourth-order valence-corrected chi connectivity index (χ4v) is 18.1. The van der Waals surface area contributed by atoms with Gasteiger partial charge in [0.05, 0.1) is 41.0 Å². The molecule has 4 unspecified atom stereocenters. The second-order valence-corrected chi connectivity index (χ2v) is 42.3. The van der Waals surface area contributed by atoms with Crippen LogP contribution < -0.4 is 38.5 Å². The van der Waals surface area contributed by atoms with Crippen molar-refractivity contribution in [2.75, 3.05) is 39.4 Å². The quantitative estimate of drug-likeness (QED) is 0.0110. The Morgan fingerprint density at radius 3 is 1.02 bits per heavy atom. The second kappa shape index (κ2) is 58.1. The number of allylic oxidation sites excluding steroid dienone is 12. The van der Waals surface area contributed by atoms with Crippen LogP contribution >= 0.6 is 0 Å². The first-order valence-corrected chi connectivity index (χ1v) is 49.9. The number of aliphatic hydroxyl groups excluding tert-OH is 2. The Kier molecular flexibility index (Phi) is 50.1. The van der Waals surface area contributed by atoms with Crippen LogP contribution in [0.15, 0.2) is 214 Å². The maximum absolute atomic E-state index is 13.4. The van der Waals surface area contributed by atoms with Gasteiger partial charge in [-0.3, -0.25) is 34.2 Å². The normalized spacial score (nSPS) is 17.0. The zero-order chi connectivity index (χ0) is 105. The van der Waals surface area contributed by atoms with Crippen LogP contribution in [0.5, 0.6) is 0 Å². The Hall–Kier alpha value is -11.8. The lowest BCUT2D eigenvalue weighted by Gasteiger charge is -2.33. The van der Waals surface area contributed by atoms with Gasteiger partial charge >= 0.3 is 24.2 Å². The number of carbonyl (C=O) groups is 8. The van der Waals surface area contributed by atoms with E-state index in [1.165, 1.54) is 132 Å². The van der Waals surface area contributed by atoms with Crippen molar-refractivity contribution < 1.29 is 74.4 Å². The number of nitrogens with two attached hydrogens (primary N) is 3. The van der Waals surface area contributed by atoms with Gasteiger partial charge in [-0.2, -0.15) is 0 Å². The summed E-state index contributed by atoms with van der Waals surface area (Å²) in [5.74, 6) is -1.44. The highest BCUT2D eigenvalue weighted by Crippen LogP contribution is 2.46. The smallest absolute Gasteiger partial charge is 0.407 e. The second-order valence-electron chi connectivity index (χ2n) is 42.3. The number of fused-ring (bicyclic) bond motifs is 2. The van der Waals surface area contributed by atoms with Crippen molar-refractivity contribution in [3.05, 3.63) is 281 Å². The first-order valence-electron chi connectivity index (χ1n) is 49.9. The van der Waals surface area contributed by atoms with Gasteiger partial charge in [0.25, 0.3) is 23.6 Å². The summed E-state index contributed by atoms with van der Waals surface area (Å²) in [6, 6.07) is 45.7. The van der Waals surface area contributed by atoms with Crippen molar-refractivity contribution in [2.45, 2.75) is 310 Å². The number of esters is 1. The molecule has 0 saturated heterocycles. The molecule has 778 valence electrons. The lowest BCUT2D eigenvalue weighted by molar-refractivity contribution is -0.140. The van der Waals surface area contributed by atoms with E-state index in [9.17, 15) is 43.5 Å². The van der Waals surface area contributed by atoms with Crippen molar-refractivity contribution in [2.24, 2.45) is 38.9 Å². The fraction of sp³-hybridized carbons (Fsp3) is 0.487. The Labute approximate surface area is 848 Å². The predicted octanol–water partition coefficient (Wildman–Crippen LogP) is 25.5. The summed E-state index contributed by atoms with van der Waals surface area (Å²) in [7, 11) is 0. The molecule has 142 heavy (non-hydrogen) atoms. The number of carbonyl (C=O) groups excluding carboxylic acids is 8. The summed E-state index contributed by atoms with van der Waals surface area (Å²) in [4.78, 5) is 95.6. The monoisotopic (exact) mass is 1960 g/mol. The molecule has 2 aliphatic heterocycles. The van der Waals surface area contributed by atoms with E-state index >= 15 is 0 Å². The predicted molar refractivity (Wildman–Crippen MR) is 576 cm³/mol. The molecule has 16 N–H and O–H groups in total. The Morgan fingerprint density at radius 1 is 0.444 bits per heavy atom. The SMILES string of the molecule is CC1=C(/C=C/c2cccc(C(CCNC(=O)OC(C)(C)C)N3C(=O)c4ccccc4C3=O)c2)C(C)(C)CCC1.CC1=C(/C=C/c2cccc(C(N)CCN)c2)C(C)(C)CCC1.CC1=C(/C=C/c2cccc(C(N)CCNC(=O)OC(C)(C)C)c2)C(C)(C)CCC1.CC1=C(/C=C/c2cccc(C(O)CCNC(=O)OC(C)(C)C)c2)C(C)(C)CCC1.CCO.CCOC(C)=O.N=N.O.O=C1NC(=O)c2ccccc21.[HH]. The number of nitrogens with zero attached hydrogens (tertiary/aromatic N) is 1. The van der Waals surface area contributed by atoms with E-state index in [-0.39, 0.29) is 83.4 Å². The number of imide groups is 2. The summed E-state index contributed by atoms with van der Waals surface area (Å²) in [5.41, 5.74) is 49.2. The summed E-state index contributed by atoms with van der Waals surface area (Å²) < 4.78 is 20.2. The number of hydrogen-bond donors (Lipinski definition) is 11. The number of hydrogen-bond acceptors (Lipinski definition) is 19. The van der Waals surface area contributed by atoms with Crippen LogP contribution in [0.2, 0.25) is 0 Å². The molecule has 6 aliphatic rings. The van der Waals surface area contributed by atoms with Gasteiger partial charge in [-0.05, 0) is 338 Å². The number of nitrogens with one attached hydrogen (secondary N) is 6. The number of benzene rings is 6. The largest absolute Gasteiger partial charge is 0.466 e. The van der Waals surface area contributed by atoms with Gasteiger partial charge in [0, 0.05) is 46.7 Å². The Balaban J connectivity index is 0.000000460. The van der Waals surface area contributed by atoms with E-state index in [0.717, 1.165) is 52.6 Å². The van der Waals surface area contributed by atoms with E-state index in [2.05, 4.69) is 200 Å². The third-order valence-corrected chi connectivity index (χ3v) is 25.1. The minimum absolute atomic E-state index is 0. The maximum Gasteiger partial charge on any atom is 0.407 e. The van der Waals surface area contributed by atoms with E-state index < -0.39 is 47.2 Å². The van der Waals surface area contributed by atoms with Crippen molar-refractivity contribution in [3.8, 4) is 0 Å². The minimum Gasteiger partial charge on any atom is -0.466 e. The van der Waals surface area contributed by atoms with Gasteiger partial charge in [0.15, 0.2) is 0 Å². The average Bonchev–Trinajstić information content (AvgIpc) is 1.65. The van der Waals surface area contributed by atoms with Gasteiger partial charge in [0.2, 0.25) is 0 Å². The number of amides is 7.